The molecule has 1 N–H and O–H groups in total. The number of nitrogens with zero attached hydrogens (tertiary/aromatic N) is 1. The molecule has 0 atom stereocenters. The van der Waals surface area contributed by atoms with Crippen LogP contribution in [0.4, 0.5) is 5.69 Å². The number of hydrogen-bond acceptors (Lipinski definition) is 4. The molecule has 0 aromatic heterocycles. The van der Waals surface area contributed by atoms with Crippen molar-refractivity contribution in [1.82, 2.24) is 0 Å². The number of benzene rings is 1. The fourth-order valence-corrected chi connectivity index (χ4v) is 2.21. The van der Waals surface area contributed by atoms with E-state index in [9.17, 15) is 8.42 Å². The summed E-state index contributed by atoms with van der Waals surface area (Å²) in [6.07, 6.45) is 0.393. The van der Waals surface area contributed by atoms with Crippen molar-refractivity contribution in [3.8, 4) is 5.75 Å². The normalized spacial score (nSPS) is 10.7. The van der Waals surface area contributed by atoms with Gasteiger partial charge in [0.25, 0.3) is 10.1 Å². The molecule has 0 amide bonds. The third-order valence-electron chi connectivity index (χ3n) is 2.63. The number of methoxy groups -OCH3 is 1. The summed E-state index contributed by atoms with van der Waals surface area (Å²) in [4.78, 5) is 2.04. The summed E-state index contributed by atoms with van der Waals surface area (Å²) in [5, 5.41) is 0. The van der Waals surface area contributed by atoms with Gasteiger partial charge in [0.1, 0.15) is 5.75 Å². The fourth-order valence-electron chi connectivity index (χ4n) is 1.71. The van der Waals surface area contributed by atoms with Gasteiger partial charge in [-0.25, -0.2) is 0 Å². The van der Waals surface area contributed by atoms with Gasteiger partial charge >= 0.3 is 0 Å². The van der Waals surface area contributed by atoms with Gasteiger partial charge in [0.15, 0.2) is 0 Å². The topological polar surface area (TPSA) is 66.8 Å². The monoisotopic (exact) mass is 298 g/mol. The largest absolute Gasteiger partial charge is 0.497 e. The van der Waals surface area contributed by atoms with Crippen LogP contribution in [-0.4, -0.2) is 68.5 Å². The summed E-state index contributed by atoms with van der Waals surface area (Å²) >= 11 is 0. The Balaban J connectivity index is 0. The Kier molecular flexibility index (Phi) is 8.69. The van der Waals surface area contributed by atoms with Crippen LogP contribution in [0.3, 0.4) is 0 Å². The Labute approximate surface area is 138 Å². The summed E-state index contributed by atoms with van der Waals surface area (Å²) in [5.74, 6) is 0.550. The molecule has 105 valence electrons. The van der Waals surface area contributed by atoms with Gasteiger partial charge < -0.3 is 9.64 Å². The molecule has 5 nitrogen and oxygen atoms in total. The summed E-state index contributed by atoms with van der Waals surface area (Å²) < 4.78 is 35.1. The molecule has 0 fully saturated rings. The first-order valence-electron chi connectivity index (χ1n) is 5.80. The Morgan fingerprint density at radius 1 is 1.42 bits per heavy atom. The Morgan fingerprint density at radius 2 is 2.11 bits per heavy atom. The second-order valence-corrected chi connectivity index (χ2v) is 5.49. The SMILES string of the molecule is CCN(CCCS(=O)(=O)O)c1cccc(OC)c1.[HH].[Na]. The first-order chi connectivity index (χ1) is 8.46. The minimum Gasteiger partial charge on any atom is -0.497 e. The van der Waals surface area contributed by atoms with Crippen molar-refractivity contribution in [2.75, 3.05) is 30.9 Å². The molecule has 0 unspecified atom stereocenters. The zero-order valence-electron chi connectivity index (χ0n) is 11.7. The first kappa shape index (κ1) is 18.7. The standard InChI is InChI=1S/C12H19NO4S.Na.H2/c1-3-13(8-5-9-18(14,15)16)11-6-4-7-12(10-11)17-2;;/h4,6-7,10H,3,5,8-9H2,1-2H3,(H,14,15,16);;1H. The zero-order chi connectivity index (χ0) is 13.6. The molecule has 0 aliphatic heterocycles. The van der Waals surface area contributed by atoms with Gasteiger partial charge in [0.05, 0.1) is 12.9 Å². The van der Waals surface area contributed by atoms with Crippen LogP contribution in [0.5, 0.6) is 5.75 Å². The van der Waals surface area contributed by atoms with Crippen LogP contribution in [0.2, 0.25) is 0 Å². The van der Waals surface area contributed by atoms with Crippen LogP contribution >= 0.6 is 0 Å². The number of ether oxygens (including phenoxy) is 1. The maximum atomic E-state index is 10.7. The van der Waals surface area contributed by atoms with Crippen molar-refractivity contribution in [1.29, 1.82) is 0 Å². The molecular formula is C12H21NNaO4S. The van der Waals surface area contributed by atoms with Crippen LogP contribution < -0.4 is 9.64 Å². The molecule has 1 radical (unpaired) electrons. The van der Waals surface area contributed by atoms with E-state index in [0.717, 1.165) is 18.0 Å². The van der Waals surface area contributed by atoms with E-state index in [0.29, 0.717) is 13.0 Å². The van der Waals surface area contributed by atoms with Gasteiger partial charge in [0.2, 0.25) is 0 Å². The summed E-state index contributed by atoms with van der Waals surface area (Å²) in [5.41, 5.74) is 0.979. The summed E-state index contributed by atoms with van der Waals surface area (Å²) in [7, 11) is -2.27. The fraction of sp³-hybridized carbons (Fsp3) is 0.500. The number of hydrogen-bond donors (Lipinski definition) is 1. The molecule has 1 rings (SSSR count). The van der Waals surface area contributed by atoms with E-state index in [1.807, 2.05) is 36.1 Å². The van der Waals surface area contributed by atoms with Crippen molar-refractivity contribution >= 4 is 45.4 Å². The number of anilines is 1. The van der Waals surface area contributed by atoms with E-state index in [1.165, 1.54) is 0 Å². The van der Waals surface area contributed by atoms with Crippen molar-refractivity contribution < 1.29 is 19.1 Å². The molecule has 0 heterocycles. The molecule has 19 heavy (non-hydrogen) atoms. The predicted octanol–water partition coefficient (Wildman–Crippen LogP) is 1.66. The maximum Gasteiger partial charge on any atom is 0.264 e. The third kappa shape index (κ3) is 7.17. The molecule has 0 aliphatic carbocycles. The minimum atomic E-state index is -3.87. The van der Waals surface area contributed by atoms with Crippen molar-refractivity contribution in [2.24, 2.45) is 0 Å². The first-order valence-corrected chi connectivity index (χ1v) is 7.41. The number of rotatable bonds is 7. The third-order valence-corrected chi connectivity index (χ3v) is 3.44. The van der Waals surface area contributed by atoms with Gasteiger partial charge in [-0.05, 0) is 25.5 Å². The second-order valence-electron chi connectivity index (χ2n) is 3.92. The average molecular weight is 298 g/mol. The Bertz CT molecular complexity index is 484. The van der Waals surface area contributed by atoms with Crippen molar-refractivity contribution in [3.63, 3.8) is 0 Å². The van der Waals surface area contributed by atoms with Crippen LogP contribution in [-0.2, 0) is 10.1 Å². The molecule has 0 saturated heterocycles. The summed E-state index contributed by atoms with van der Waals surface area (Å²) in [6, 6.07) is 7.59. The van der Waals surface area contributed by atoms with Crippen molar-refractivity contribution in [2.45, 2.75) is 13.3 Å². The molecule has 0 saturated carbocycles. The van der Waals surface area contributed by atoms with Crippen molar-refractivity contribution in [3.05, 3.63) is 24.3 Å². The second kappa shape index (κ2) is 8.81. The molecular weight excluding hydrogens is 277 g/mol. The molecule has 0 spiro atoms. The van der Waals surface area contributed by atoms with Gasteiger partial charge in [-0.1, -0.05) is 6.07 Å². The Morgan fingerprint density at radius 3 is 2.63 bits per heavy atom. The molecule has 1 aromatic carbocycles. The van der Waals surface area contributed by atoms with Crippen LogP contribution in [0.1, 0.15) is 14.8 Å². The van der Waals surface area contributed by atoms with E-state index in [1.54, 1.807) is 7.11 Å². The van der Waals surface area contributed by atoms with Crippen LogP contribution in [0.15, 0.2) is 24.3 Å². The van der Waals surface area contributed by atoms with Gasteiger partial charge in [0, 0.05) is 55.8 Å². The smallest absolute Gasteiger partial charge is 0.264 e. The van der Waals surface area contributed by atoms with Crippen LogP contribution in [0.25, 0.3) is 0 Å². The molecule has 0 aliphatic rings. The molecule has 1 aromatic rings. The van der Waals surface area contributed by atoms with E-state index >= 15 is 0 Å². The summed E-state index contributed by atoms with van der Waals surface area (Å²) in [6.45, 7) is 3.33. The van der Waals surface area contributed by atoms with Gasteiger partial charge in [-0.3, -0.25) is 4.55 Å². The van der Waals surface area contributed by atoms with E-state index in [-0.39, 0.29) is 36.7 Å². The van der Waals surface area contributed by atoms with E-state index in [4.69, 9.17) is 9.29 Å². The minimum absolute atomic E-state index is 0. The zero-order valence-corrected chi connectivity index (χ0v) is 14.5. The molecule has 7 heteroatoms. The van der Waals surface area contributed by atoms with Crippen LogP contribution in [0, 0.1) is 0 Å². The van der Waals surface area contributed by atoms with Gasteiger partial charge in [-0.2, -0.15) is 8.42 Å². The predicted molar refractivity (Wildman–Crippen MR) is 79.8 cm³/mol. The van der Waals surface area contributed by atoms with Gasteiger partial charge in [-0.15, -0.1) is 0 Å². The van der Waals surface area contributed by atoms with E-state index < -0.39 is 10.1 Å². The maximum absolute atomic E-state index is 10.7. The average Bonchev–Trinajstić information content (AvgIpc) is 2.33. The quantitative estimate of drug-likeness (QED) is 0.612. The molecule has 0 bridgehead atoms. The van der Waals surface area contributed by atoms with E-state index in [2.05, 4.69) is 0 Å². The Hall–Kier alpha value is -0.270.